The highest BCUT2D eigenvalue weighted by molar-refractivity contribution is 5.52. The molecule has 9 heteroatoms. The first-order valence-corrected chi connectivity index (χ1v) is 8.86. The third-order valence-electron chi connectivity index (χ3n) is 4.26. The molecule has 0 fully saturated rings. The van der Waals surface area contributed by atoms with Crippen molar-refractivity contribution in [3.8, 4) is 11.4 Å². The number of aryl methyl sites for hydroxylation is 1. The second kappa shape index (κ2) is 7.10. The van der Waals surface area contributed by atoms with Gasteiger partial charge in [-0.1, -0.05) is 25.9 Å². The van der Waals surface area contributed by atoms with E-state index in [9.17, 15) is 0 Å². The molecule has 27 heavy (non-hydrogen) atoms. The van der Waals surface area contributed by atoms with Crippen LogP contribution in [0.15, 0.2) is 41.4 Å². The molecule has 4 aromatic rings. The van der Waals surface area contributed by atoms with Gasteiger partial charge in [0.15, 0.2) is 0 Å². The lowest BCUT2D eigenvalue weighted by molar-refractivity contribution is 0.335. The molecule has 4 rings (SSSR count). The molecule has 0 aromatic carbocycles. The van der Waals surface area contributed by atoms with Crippen molar-refractivity contribution in [3.63, 3.8) is 0 Å². The number of anilines is 1. The summed E-state index contributed by atoms with van der Waals surface area (Å²) < 4.78 is 7.23. The van der Waals surface area contributed by atoms with Crippen LogP contribution in [0, 0.1) is 5.92 Å². The van der Waals surface area contributed by atoms with E-state index in [1.807, 2.05) is 18.2 Å². The molecule has 4 heterocycles. The maximum absolute atomic E-state index is 5.55. The lowest BCUT2D eigenvalue weighted by atomic mass is 10.0. The zero-order valence-electron chi connectivity index (χ0n) is 15.4. The van der Waals surface area contributed by atoms with E-state index in [2.05, 4.69) is 56.3 Å². The van der Waals surface area contributed by atoms with E-state index in [0.717, 1.165) is 23.5 Å². The minimum atomic E-state index is -0.192. The maximum atomic E-state index is 5.55. The van der Waals surface area contributed by atoms with Gasteiger partial charge in [0.25, 0.3) is 5.78 Å². The van der Waals surface area contributed by atoms with Crippen molar-refractivity contribution in [1.82, 2.24) is 34.7 Å². The summed E-state index contributed by atoms with van der Waals surface area (Å²) in [5.41, 5.74) is 1.74. The summed E-state index contributed by atoms with van der Waals surface area (Å²) in [6, 6.07) is 5.51. The molecule has 0 aliphatic heterocycles. The van der Waals surface area contributed by atoms with E-state index in [4.69, 9.17) is 4.52 Å². The third kappa shape index (κ3) is 3.35. The standard InChI is InChI=1S/C18H20N8O/c1-4-13-8-14(26-18(22-13)20-10-21-26)23-15(11(2)3)17-24-16(25-27-17)12-6-5-7-19-9-12/h5-11,15,23H,4H2,1-3H3. The van der Waals surface area contributed by atoms with Gasteiger partial charge in [-0.25, -0.2) is 4.98 Å². The van der Waals surface area contributed by atoms with Gasteiger partial charge in [0.05, 0.1) is 0 Å². The van der Waals surface area contributed by atoms with E-state index in [-0.39, 0.29) is 12.0 Å². The van der Waals surface area contributed by atoms with Gasteiger partial charge in [0.1, 0.15) is 18.2 Å². The van der Waals surface area contributed by atoms with Crippen LogP contribution in [0.25, 0.3) is 17.2 Å². The Morgan fingerprint density at radius 3 is 2.89 bits per heavy atom. The first-order valence-electron chi connectivity index (χ1n) is 8.86. The Kier molecular flexibility index (Phi) is 4.49. The molecule has 138 valence electrons. The van der Waals surface area contributed by atoms with E-state index in [1.54, 1.807) is 16.9 Å². The summed E-state index contributed by atoms with van der Waals surface area (Å²) in [7, 11) is 0. The largest absolute Gasteiger partial charge is 0.358 e. The highest BCUT2D eigenvalue weighted by Crippen LogP contribution is 2.27. The van der Waals surface area contributed by atoms with E-state index in [1.165, 1.54) is 6.33 Å². The lowest BCUT2D eigenvalue weighted by Crippen LogP contribution is -2.19. The van der Waals surface area contributed by atoms with Gasteiger partial charge < -0.3 is 9.84 Å². The lowest BCUT2D eigenvalue weighted by Gasteiger charge is -2.20. The SMILES string of the molecule is CCc1cc(NC(c2nc(-c3cccnc3)no2)C(C)C)n2ncnc2n1. The quantitative estimate of drug-likeness (QED) is 0.556. The van der Waals surface area contributed by atoms with Gasteiger partial charge in [-0.05, 0) is 24.5 Å². The number of rotatable bonds is 6. The Balaban J connectivity index is 1.69. The average Bonchev–Trinajstić information content (AvgIpc) is 3.35. The van der Waals surface area contributed by atoms with E-state index in [0.29, 0.717) is 17.5 Å². The maximum Gasteiger partial charge on any atom is 0.254 e. The second-order valence-electron chi connectivity index (χ2n) is 6.52. The number of pyridine rings is 1. The molecular weight excluding hydrogens is 344 g/mol. The van der Waals surface area contributed by atoms with Gasteiger partial charge >= 0.3 is 0 Å². The molecule has 4 aromatic heterocycles. The highest BCUT2D eigenvalue weighted by Gasteiger charge is 2.24. The Morgan fingerprint density at radius 1 is 1.26 bits per heavy atom. The van der Waals surface area contributed by atoms with E-state index >= 15 is 0 Å². The fourth-order valence-corrected chi connectivity index (χ4v) is 2.79. The Morgan fingerprint density at radius 2 is 2.15 bits per heavy atom. The molecule has 0 bridgehead atoms. The molecule has 0 saturated carbocycles. The monoisotopic (exact) mass is 364 g/mol. The first kappa shape index (κ1) is 17.1. The van der Waals surface area contributed by atoms with Crippen LogP contribution in [0.1, 0.15) is 38.4 Å². The molecule has 0 saturated heterocycles. The van der Waals surface area contributed by atoms with Crippen molar-refractivity contribution in [2.75, 3.05) is 5.32 Å². The van der Waals surface area contributed by atoms with Crippen LogP contribution in [0.3, 0.4) is 0 Å². The molecule has 1 atom stereocenters. The predicted molar refractivity (Wildman–Crippen MR) is 98.9 cm³/mol. The number of fused-ring (bicyclic) bond motifs is 1. The van der Waals surface area contributed by atoms with Crippen LogP contribution in [0.2, 0.25) is 0 Å². The van der Waals surface area contributed by atoms with Gasteiger partial charge in [0.2, 0.25) is 11.7 Å². The third-order valence-corrected chi connectivity index (χ3v) is 4.26. The smallest absolute Gasteiger partial charge is 0.254 e. The number of nitrogens with one attached hydrogen (secondary N) is 1. The van der Waals surface area contributed by atoms with Gasteiger partial charge in [-0.15, -0.1) is 0 Å². The van der Waals surface area contributed by atoms with Crippen LogP contribution in [-0.2, 0) is 6.42 Å². The van der Waals surface area contributed by atoms with Crippen molar-refractivity contribution in [2.45, 2.75) is 33.2 Å². The van der Waals surface area contributed by atoms with Gasteiger partial charge in [0, 0.05) is 29.7 Å². The molecule has 0 amide bonds. The van der Waals surface area contributed by atoms with Crippen molar-refractivity contribution >= 4 is 11.6 Å². The van der Waals surface area contributed by atoms with Gasteiger partial charge in [-0.2, -0.15) is 19.6 Å². The zero-order valence-corrected chi connectivity index (χ0v) is 15.4. The molecule has 0 aliphatic carbocycles. The van der Waals surface area contributed by atoms with Gasteiger partial charge in [-0.3, -0.25) is 4.98 Å². The summed E-state index contributed by atoms with van der Waals surface area (Å²) in [4.78, 5) is 17.3. The minimum absolute atomic E-state index is 0.192. The first-order chi connectivity index (χ1) is 13.2. The molecule has 0 radical (unpaired) electrons. The minimum Gasteiger partial charge on any atom is -0.358 e. The summed E-state index contributed by atoms with van der Waals surface area (Å²) in [6.45, 7) is 6.23. The molecule has 0 aliphatic rings. The van der Waals surface area contributed by atoms with Crippen LogP contribution >= 0.6 is 0 Å². The fraction of sp³-hybridized carbons (Fsp3) is 0.333. The summed E-state index contributed by atoms with van der Waals surface area (Å²) >= 11 is 0. The van der Waals surface area contributed by atoms with Crippen LogP contribution in [0.5, 0.6) is 0 Å². The van der Waals surface area contributed by atoms with Crippen molar-refractivity contribution in [1.29, 1.82) is 0 Å². The number of aromatic nitrogens is 7. The average molecular weight is 364 g/mol. The Bertz CT molecular complexity index is 1040. The summed E-state index contributed by atoms with van der Waals surface area (Å²) in [6.07, 6.45) is 5.71. The van der Waals surface area contributed by atoms with Crippen LogP contribution < -0.4 is 5.32 Å². The second-order valence-corrected chi connectivity index (χ2v) is 6.52. The highest BCUT2D eigenvalue weighted by atomic mass is 16.5. The molecule has 0 spiro atoms. The Labute approximate surface area is 155 Å². The van der Waals surface area contributed by atoms with Crippen molar-refractivity contribution < 1.29 is 4.52 Å². The zero-order chi connectivity index (χ0) is 18.8. The fourth-order valence-electron chi connectivity index (χ4n) is 2.79. The molecular formula is C18H20N8O. The Hall–Kier alpha value is -3.36. The molecule has 1 N–H and O–H groups in total. The van der Waals surface area contributed by atoms with Crippen LogP contribution in [-0.4, -0.2) is 34.7 Å². The molecule has 9 nitrogen and oxygen atoms in total. The van der Waals surface area contributed by atoms with Crippen LogP contribution in [0.4, 0.5) is 5.82 Å². The van der Waals surface area contributed by atoms with Crippen molar-refractivity contribution in [2.24, 2.45) is 5.92 Å². The topological polar surface area (TPSA) is 107 Å². The number of nitrogens with zero attached hydrogens (tertiary/aromatic N) is 7. The normalized spacial score (nSPS) is 12.6. The summed E-state index contributed by atoms with van der Waals surface area (Å²) in [5.74, 6) is 2.56. The summed E-state index contributed by atoms with van der Waals surface area (Å²) in [5, 5.41) is 11.8. The number of hydrogen-bond acceptors (Lipinski definition) is 8. The molecule has 1 unspecified atom stereocenters. The van der Waals surface area contributed by atoms with Crippen molar-refractivity contribution in [3.05, 3.63) is 48.5 Å². The number of hydrogen-bond donors (Lipinski definition) is 1. The predicted octanol–water partition coefficient (Wildman–Crippen LogP) is 2.94. The van der Waals surface area contributed by atoms with E-state index < -0.39 is 0 Å².